The first-order valence-electron chi connectivity index (χ1n) is 6.86. The highest BCUT2D eigenvalue weighted by Gasteiger charge is 2.08. The molecule has 0 amide bonds. The lowest BCUT2D eigenvalue weighted by atomic mass is 10.1. The van der Waals surface area contributed by atoms with E-state index in [-0.39, 0.29) is 5.54 Å². The summed E-state index contributed by atoms with van der Waals surface area (Å²) in [4.78, 5) is 2.54. The van der Waals surface area contributed by atoms with Crippen molar-refractivity contribution in [1.82, 2.24) is 10.2 Å². The van der Waals surface area contributed by atoms with E-state index in [9.17, 15) is 0 Å². The fourth-order valence-corrected chi connectivity index (χ4v) is 1.86. The molecule has 0 aliphatic heterocycles. The highest BCUT2D eigenvalue weighted by Crippen LogP contribution is 2.04. The van der Waals surface area contributed by atoms with Crippen molar-refractivity contribution in [1.29, 1.82) is 0 Å². The van der Waals surface area contributed by atoms with Gasteiger partial charge in [-0.25, -0.2) is 0 Å². The zero-order valence-electron chi connectivity index (χ0n) is 12.3. The summed E-state index contributed by atoms with van der Waals surface area (Å²) in [5.41, 5.74) is 0.271. The van der Waals surface area contributed by atoms with Crippen LogP contribution in [0.15, 0.2) is 0 Å². The summed E-state index contributed by atoms with van der Waals surface area (Å²) >= 11 is 0. The van der Waals surface area contributed by atoms with Crippen LogP contribution < -0.4 is 5.32 Å². The Morgan fingerprint density at radius 1 is 1.06 bits per heavy atom. The first kappa shape index (κ1) is 15.9. The van der Waals surface area contributed by atoms with Gasteiger partial charge in [0.15, 0.2) is 0 Å². The Kier molecular flexibility index (Phi) is 8.04. The van der Waals surface area contributed by atoms with E-state index in [1.165, 1.54) is 32.4 Å². The Morgan fingerprint density at radius 2 is 1.69 bits per heavy atom. The molecule has 0 rings (SSSR count). The average Bonchev–Trinajstić information content (AvgIpc) is 2.14. The Hall–Kier alpha value is -0.0800. The molecule has 16 heavy (non-hydrogen) atoms. The zero-order valence-corrected chi connectivity index (χ0v) is 12.3. The third kappa shape index (κ3) is 9.17. The largest absolute Gasteiger partial charge is 0.312 e. The van der Waals surface area contributed by atoms with Gasteiger partial charge < -0.3 is 10.2 Å². The molecule has 0 bridgehead atoms. The van der Waals surface area contributed by atoms with Gasteiger partial charge in [-0.15, -0.1) is 0 Å². The minimum atomic E-state index is 0.271. The van der Waals surface area contributed by atoms with E-state index < -0.39 is 0 Å². The first-order chi connectivity index (χ1) is 7.37. The van der Waals surface area contributed by atoms with Crippen molar-refractivity contribution in [2.24, 2.45) is 0 Å². The van der Waals surface area contributed by atoms with Crippen LogP contribution in [0.1, 0.15) is 60.8 Å². The molecule has 2 heteroatoms. The molecule has 0 radical (unpaired) electrons. The van der Waals surface area contributed by atoms with Crippen LogP contribution in [0.25, 0.3) is 0 Å². The average molecular weight is 228 g/mol. The van der Waals surface area contributed by atoms with Gasteiger partial charge in [-0.3, -0.25) is 0 Å². The summed E-state index contributed by atoms with van der Waals surface area (Å²) in [5.74, 6) is 0. The molecule has 0 aliphatic carbocycles. The second-order valence-corrected chi connectivity index (χ2v) is 5.96. The molecule has 0 spiro atoms. The number of nitrogens with zero attached hydrogens (tertiary/aromatic N) is 1. The fourth-order valence-electron chi connectivity index (χ4n) is 1.86. The molecule has 0 heterocycles. The van der Waals surface area contributed by atoms with Gasteiger partial charge >= 0.3 is 0 Å². The zero-order chi connectivity index (χ0) is 12.6. The van der Waals surface area contributed by atoms with Crippen LogP contribution in [-0.2, 0) is 0 Å². The maximum atomic E-state index is 3.53. The summed E-state index contributed by atoms with van der Waals surface area (Å²) in [6, 6.07) is 0.692. The van der Waals surface area contributed by atoms with Crippen LogP contribution in [-0.4, -0.2) is 36.1 Å². The van der Waals surface area contributed by atoms with Gasteiger partial charge in [-0.2, -0.15) is 0 Å². The van der Waals surface area contributed by atoms with E-state index in [0.717, 1.165) is 6.54 Å². The Morgan fingerprint density at radius 3 is 2.12 bits per heavy atom. The van der Waals surface area contributed by atoms with Crippen molar-refractivity contribution >= 4 is 0 Å². The predicted octanol–water partition coefficient (Wildman–Crippen LogP) is 3.28. The Labute approximate surface area is 103 Å². The maximum Gasteiger partial charge on any atom is 0.00965 e. The van der Waals surface area contributed by atoms with Crippen LogP contribution in [0.5, 0.6) is 0 Å². The molecule has 1 N–H and O–H groups in total. The second-order valence-electron chi connectivity index (χ2n) is 5.96. The highest BCUT2D eigenvalue weighted by molar-refractivity contribution is 4.69. The van der Waals surface area contributed by atoms with Crippen LogP contribution in [0.4, 0.5) is 0 Å². The molecule has 0 saturated carbocycles. The monoisotopic (exact) mass is 228 g/mol. The van der Waals surface area contributed by atoms with Gasteiger partial charge in [0.25, 0.3) is 0 Å². The molecule has 0 fully saturated rings. The number of hydrogen-bond donors (Lipinski definition) is 1. The maximum absolute atomic E-state index is 3.53. The van der Waals surface area contributed by atoms with E-state index >= 15 is 0 Å². The minimum absolute atomic E-state index is 0.271. The fraction of sp³-hybridized carbons (Fsp3) is 1.00. The highest BCUT2D eigenvalue weighted by atomic mass is 15.1. The molecule has 0 atom stereocenters. The summed E-state index contributed by atoms with van der Waals surface area (Å²) < 4.78 is 0. The summed E-state index contributed by atoms with van der Waals surface area (Å²) in [6.45, 7) is 17.1. The van der Waals surface area contributed by atoms with Crippen LogP contribution in [0.3, 0.4) is 0 Å². The standard InChI is InChI=1S/C14H32N2/c1-7-16(13(2)3)12-10-8-9-11-15-14(4,5)6/h13,15H,7-12H2,1-6H3. The quantitative estimate of drug-likeness (QED) is 0.641. The second kappa shape index (κ2) is 8.08. The van der Waals surface area contributed by atoms with E-state index in [4.69, 9.17) is 0 Å². The van der Waals surface area contributed by atoms with Crippen LogP contribution >= 0.6 is 0 Å². The third-order valence-electron chi connectivity index (χ3n) is 2.91. The lowest BCUT2D eigenvalue weighted by Gasteiger charge is -2.24. The lowest BCUT2D eigenvalue weighted by Crippen LogP contribution is -2.36. The van der Waals surface area contributed by atoms with Gasteiger partial charge in [0.2, 0.25) is 0 Å². The van der Waals surface area contributed by atoms with Crippen molar-refractivity contribution in [3.63, 3.8) is 0 Å². The van der Waals surface area contributed by atoms with E-state index in [1.54, 1.807) is 0 Å². The van der Waals surface area contributed by atoms with E-state index in [2.05, 4.69) is 51.8 Å². The third-order valence-corrected chi connectivity index (χ3v) is 2.91. The molecule has 0 unspecified atom stereocenters. The summed E-state index contributed by atoms with van der Waals surface area (Å²) in [5, 5.41) is 3.53. The predicted molar refractivity (Wildman–Crippen MR) is 74.0 cm³/mol. The van der Waals surface area contributed by atoms with Gasteiger partial charge in [-0.05, 0) is 67.1 Å². The smallest absolute Gasteiger partial charge is 0.00965 e. The lowest BCUT2D eigenvalue weighted by molar-refractivity contribution is 0.228. The molecule has 0 aromatic heterocycles. The topological polar surface area (TPSA) is 15.3 Å². The first-order valence-corrected chi connectivity index (χ1v) is 6.86. The Balaban J connectivity index is 3.39. The van der Waals surface area contributed by atoms with Crippen molar-refractivity contribution in [3.05, 3.63) is 0 Å². The normalized spacial score (nSPS) is 12.8. The van der Waals surface area contributed by atoms with E-state index in [0.29, 0.717) is 6.04 Å². The molecule has 0 aliphatic rings. The van der Waals surface area contributed by atoms with Crippen molar-refractivity contribution in [2.45, 2.75) is 72.4 Å². The van der Waals surface area contributed by atoms with Crippen molar-refractivity contribution in [3.8, 4) is 0 Å². The Bertz CT molecular complexity index is 159. The van der Waals surface area contributed by atoms with Crippen LogP contribution in [0.2, 0.25) is 0 Å². The SMILES string of the molecule is CCN(CCCCCNC(C)(C)C)C(C)C. The van der Waals surface area contributed by atoms with Gasteiger partial charge in [0, 0.05) is 11.6 Å². The molecular formula is C14H32N2. The molecule has 0 saturated heterocycles. The molecule has 2 nitrogen and oxygen atoms in total. The van der Waals surface area contributed by atoms with Gasteiger partial charge in [0.05, 0.1) is 0 Å². The van der Waals surface area contributed by atoms with Crippen LogP contribution in [0, 0.1) is 0 Å². The number of unbranched alkanes of at least 4 members (excludes halogenated alkanes) is 2. The number of nitrogens with one attached hydrogen (secondary N) is 1. The van der Waals surface area contributed by atoms with Crippen molar-refractivity contribution < 1.29 is 0 Å². The van der Waals surface area contributed by atoms with Crippen molar-refractivity contribution in [2.75, 3.05) is 19.6 Å². The molecular weight excluding hydrogens is 196 g/mol. The molecule has 0 aromatic rings. The number of hydrogen-bond acceptors (Lipinski definition) is 2. The molecule has 0 aromatic carbocycles. The minimum Gasteiger partial charge on any atom is -0.312 e. The van der Waals surface area contributed by atoms with Gasteiger partial charge in [-0.1, -0.05) is 13.3 Å². The van der Waals surface area contributed by atoms with E-state index in [1.807, 2.05) is 0 Å². The number of rotatable bonds is 8. The summed E-state index contributed by atoms with van der Waals surface area (Å²) in [6.07, 6.45) is 3.97. The summed E-state index contributed by atoms with van der Waals surface area (Å²) in [7, 11) is 0. The van der Waals surface area contributed by atoms with Gasteiger partial charge in [0.1, 0.15) is 0 Å². The molecule has 98 valence electrons.